The average molecular weight is 393 g/mol. The van der Waals surface area contributed by atoms with Crippen LogP contribution in [0.5, 0.6) is 0 Å². The second-order valence-corrected chi connectivity index (χ2v) is 9.81. The number of amides is 1. The summed E-state index contributed by atoms with van der Waals surface area (Å²) in [6.07, 6.45) is 2.99. The average Bonchev–Trinajstić information content (AvgIpc) is 2.46. The van der Waals surface area contributed by atoms with Crippen molar-refractivity contribution in [2.24, 2.45) is 4.99 Å². The van der Waals surface area contributed by atoms with Gasteiger partial charge in [-0.25, -0.2) is 13.2 Å². The first-order valence-corrected chi connectivity index (χ1v) is 11.1. The molecule has 9 heteroatoms. The third kappa shape index (κ3) is 13.7. The van der Waals surface area contributed by atoms with E-state index in [2.05, 4.69) is 20.9 Å². The molecule has 0 fully saturated rings. The molecular formula is C17H36N4O4S. The molecule has 0 radical (unpaired) electrons. The Morgan fingerprint density at radius 2 is 1.81 bits per heavy atom. The van der Waals surface area contributed by atoms with Crippen molar-refractivity contribution in [3.63, 3.8) is 0 Å². The Balaban J connectivity index is 4.52. The van der Waals surface area contributed by atoms with E-state index in [1.165, 1.54) is 6.26 Å². The molecule has 0 aromatic rings. The van der Waals surface area contributed by atoms with Crippen LogP contribution in [0.15, 0.2) is 4.99 Å². The maximum atomic E-state index is 12.0. The molecule has 0 aliphatic carbocycles. The molecule has 0 heterocycles. The summed E-state index contributed by atoms with van der Waals surface area (Å²) in [6, 6.07) is -0.140. The molecule has 3 N–H and O–H groups in total. The third-order valence-corrected chi connectivity index (χ3v) is 4.38. The molecule has 2 atom stereocenters. The summed E-state index contributed by atoms with van der Waals surface area (Å²) in [5.41, 5.74) is -0.541. The Bertz CT molecular complexity index is 556. The summed E-state index contributed by atoms with van der Waals surface area (Å²) >= 11 is 0. The van der Waals surface area contributed by atoms with Crippen molar-refractivity contribution < 1.29 is 17.9 Å². The number of carbonyl (C=O) groups excluding carboxylic acids is 1. The highest BCUT2D eigenvalue weighted by atomic mass is 32.2. The van der Waals surface area contributed by atoms with Gasteiger partial charge in [-0.15, -0.1) is 0 Å². The molecule has 0 aliphatic heterocycles. The molecule has 8 nitrogen and oxygen atoms in total. The highest BCUT2D eigenvalue weighted by Crippen LogP contribution is 2.07. The highest BCUT2D eigenvalue weighted by molar-refractivity contribution is 7.90. The van der Waals surface area contributed by atoms with Crippen molar-refractivity contribution in [1.29, 1.82) is 0 Å². The minimum atomic E-state index is -2.98. The van der Waals surface area contributed by atoms with Crippen LogP contribution in [0.25, 0.3) is 0 Å². The van der Waals surface area contributed by atoms with Crippen LogP contribution in [0.1, 0.15) is 53.9 Å². The van der Waals surface area contributed by atoms with E-state index in [-0.39, 0.29) is 17.8 Å². The minimum Gasteiger partial charge on any atom is -0.444 e. The molecule has 0 aromatic carbocycles. The number of nitrogens with zero attached hydrogens (tertiary/aromatic N) is 1. The zero-order chi connectivity index (χ0) is 20.4. The van der Waals surface area contributed by atoms with E-state index in [0.717, 1.165) is 12.8 Å². The molecule has 0 rings (SSSR count). The number of sulfone groups is 1. The second-order valence-electron chi connectivity index (χ2n) is 7.55. The first-order chi connectivity index (χ1) is 11.9. The number of hydrogen-bond donors (Lipinski definition) is 3. The topological polar surface area (TPSA) is 109 Å². The van der Waals surface area contributed by atoms with Gasteiger partial charge in [0.1, 0.15) is 15.4 Å². The predicted octanol–water partition coefficient (Wildman–Crippen LogP) is 1.67. The fraction of sp³-hybridized carbons (Fsp3) is 0.882. The normalized spacial score (nSPS) is 15.1. The van der Waals surface area contributed by atoms with Crippen molar-refractivity contribution in [1.82, 2.24) is 16.0 Å². The van der Waals surface area contributed by atoms with Crippen LogP contribution < -0.4 is 16.0 Å². The Hall–Kier alpha value is -1.51. The van der Waals surface area contributed by atoms with E-state index in [1.54, 1.807) is 7.05 Å². The maximum absolute atomic E-state index is 12.0. The lowest BCUT2D eigenvalue weighted by Crippen LogP contribution is -2.49. The first kappa shape index (κ1) is 24.5. The lowest BCUT2D eigenvalue weighted by molar-refractivity contribution is 0.0502. The van der Waals surface area contributed by atoms with Crippen LogP contribution in [-0.4, -0.2) is 63.8 Å². The fourth-order valence-electron chi connectivity index (χ4n) is 2.16. The summed E-state index contributed by atoms with van der Waals surface area (Å²) < 4.78 is 27.8. The van der Waals surface area contributed by atoms with Crippen molar-refractivity contribution in [2.75, 3.05) is 25.6 Å². The molecule has 154 valence electrons. The summed E-state index contributed by atoms with van der Waals surface area (Å²) in [4.78, 5) is 16.1. The Kier molecular flexibility index (Phi) is 10.6. The Morgan fingerprint density at radius 3 is 2.27 bits per heavy atom. The molecule has 0 saturated heterocycles. The van der Waals surface area contributed by atoms with Gasteiger partial charge in [0.2, 0.25) is 0 Å². The molecule has 0 bridgehead atoms. The molecule has 0 aromatic heterocycles. The van der Waals surface area contributed by atoms with Gasteiger partial charge in [-0.3, -0.25) is 4.99 Å². The van der Waals surface area contributed by atoms with Crippen molar-refractivity contribution >= 4 is 21.9 Å². The number of guanidine groups is 1. The van der Waals surface area contributed by atoms with Crippen LogP contribution in [0.2, 0.25) is 0 Å². The van der Waals surface area contributed by atoms with Gasteiger partial charge in [-0.05, 0) is 40.5 Å². The van der Waals surface area contributed by atoms with E-state index in [9.17, 15) is 13.2 Å². The predicted molar refractivity (Wildman–Crippen MR) is 106 cm³/mol. The number of alkyl carbamates (subject to hydrolysis) is 1. The summed E-state index contributed by atoms with van der Waals surface area (Å²) in [5, 5.41) is 9.20. The maximum Gasteiger partial charge on any atom is 0.407 e. The first-order valence-electron chi connectivity index (χ1n) is 9.00. The number of hydrogen-bond acceptors (Lipinski definition) is 5. The van der Waals surface area contributed by atoms with Gasteiger partial charge in [0.25, 0.3) is 0 Å². The molecule has 0 aliphatic rings. The lowest BCUT2D eigenvalue weighted by Gasteiger charge is -2.25. The number of carbonyl (C=O) groups is 1. The Labute approximate surface area is 158 Å². The second kappa shape index (κ2) is 11.3. The zero-order valence-corrected chi connectivity index (χ0v) is 18.0. The minimum absolute atomic E-state index is 0.0423. The van der Waals surface area contributed by atoms with Gasteiger partial charge in [0, 0.05) is 31.9 Å². The lowest BCUT2D eigenvalue weighted by atomic mass is 10.1. The smallest absolute Gasteiger partial charge is 0.407 e. The van der Waals surface area contributed by atoms with Crippen LogP contribution in [0, 0.1) is 0 Å². The van der Waals surface area contributed by atoms with Crippen molar-refractivity contribution in [3.05, 3.63) is 0 Å². The monoisotopic (exact) mass is 392 g/mol. The number of nitrogens with one attached hydrogen (secondary N) is 3. The molecular weight excluding hydrogens is 356 g/mol. The van der Waals surface area contributed by atoms with Crippen LogP contribution in [0.4, 0.5) is 4.79 Å². The summed E-state index contributed by atoms with van der Waals surface area (Å²) in [5.74, 6) is 0.690. The summed E-state index contributed by atoms with van der Waals surface area (Å²) in [6.45, 7) is 9.91. The highest BCUT2D eigenvalue weighted by Gasteiger charge is 2.19. The van der Waals surface area contributed by atoms with E-state index < -0.39 is 21.5 Å². The quantitative estimate of drug-likeness (QED) is 0.407. The number of ether oxygens (including phenoxy) is 1. The molecule has 2 unspecified atom stereocenters. The van der Waals surface area contributed by atoms with Gasteiger partial charge in [-0.1, -0.05) is 13.3 Å². The molecule has 0 saturated carbocycles. The van der Waals surface area contributed by atoms with Crippen LogP contribution in [0.3, 0.4) is 0 Å². The van der Waals surface area contributed by atoms with Crippen LogP contribution in [-0.2, 0) is 14.6 Å². The zero-order valence-electron chi connectivity index (χ0n) is 17.2. The fourth-order valence-corrected chi connectivity index (χ4v) is 2.94. The van der Waals surface area contributed by atoms with Gasteiger partial charge >= 0.3 is 6.09 Å². The van der Waals surface area contributed by atoms with Gasteiger partial charge in [-0.2, -0.15) is 0 Å². The molecule has 1 amide bonds. The molecule has 0 spiro atoms. The van der Waals surface area contributed by atoms with Gasteiger partial charge in [0.05, 0.1) is 5.75 Å². The van der Waals surface area contributed by atoms with Gasteiger partial charge < -0.3 is 20.7 Å². The standard InChI is InChI=1S/C17H36N4O4S/c1-8-9-14(21-16(22)25-17(3,4)5)12-19-15(18-6)20-13(2)10-11-26(7,23)24/h13-14H,8-12H2,1-7H3,(H,21,22)(H2,18,19,20). The SMILES string of the molecule is CCCC(CNC(=NC)NC(C)CCS(C)(=O)=O)NC(=O)OC(C)(C)C. The van der Waals surface area contributed by atoms with E-state index in [1.807, 2.05) is 34.6 Å². The van der Waals surface area contributed by atoms with E-state index in [4.69, 9.17) is 4.74 Å². The largest absolute Gasteiger partial charge is 0.444 e. The van der Waals surface area contributed by atoms with Gasteiger partial charge in [0.15, 0.2) is 5.96 Å². The van der Waals surface area contributed by atoms with E-state index >= 15 is 0 Å². The third-order valence-electron chi connectivity index (χ3n) is 3.40. The number of aliphatic imine (C=N–C) groups is 1. The van der Waals surface area contributed by atoms with Crippen LogP contribution >= 0.6 is 0 Å². The number of rotatable bonds is 9. The Morgan fingerprint density at radius 1 is 1.19 bits per heavy atom. The van der Waals surface area contributed by atoms with E-state index in [0.29, 0.717) is 18.9 Å². The molecule has 26 heavy (non-hydrogen) atoms. The van der Waals surface area contributed by atoms with Crippen molar-refractivity contribution in [2.45, 2.75) is 71.6 Å². The summed E-state index contributed by atoms with van der Waals surface area (Å²) in [7, 11) is -1.34. The van der Waals surface area contributed by atoms with Crippen molar-refractivity contribution in [3.8, 4) is 0 Å².